The maximum atomic E-state index is 10.1. The fraction of sp³-hybridized carbons (Fsp3) is 0.625. The fourth-order valence-electron chi connectivity index (χ4n) is 2.61. The third-order valence-corrected chi connectivity index (χ3v) is 3.90. The van der Waals surface area contributed by atoms with E-state index in [-0.39, 0.29) is 0 Å². The van der Waals surface area contributed by atoms with Gasteiger partial charge >= 0.3 is 0 Å². The lowest BCUT2D eigenvalue weighted by atomic mass is 10.0. The number of likely N-dealkylation sites (tertiary alicyclic amines) is 1. The Kier molecular flexibility index (Phi) is 5.68. The zero-order chi connectivity index (χ0) is 14.4. The number of nitrogens with two attached hydrogens (primary N) is 1. The average molecular weight is 278 g/mol. The van der Waals surface area contributed by atoms with Gasteiger partial charge in [0, 0.05) is 12.2 Å². The van der Waals surface area contributed by atoms with Gasteiger partial charge in [-0.05, 0) is 62.5 Å². The van der Waals surface area contributed by atoms with Crippen molar-refractivity contribution >= 4 is 5.69 Å². The second kappa shape index (κ2) is 7.50. The minimum Gasteiger partial charge on any atom is -0.491 e. The van der Waals surface area contributed by atoms with Crippen molar-refractivity contribution in [3.05, 3.63) is 24.3 Å². The number of hydrogen-bond acceptors (Lipinski definition) is 4. The molecule has 0 spiro atoms. The summed E-state index contributed by atoms with van der Waals surface area (Å²) in [5.41, 5.74) is 6.34. The van der Waals surface area contributed by atoms with Crippen LogP contribution in [0.5, 0.6) is 5.75 Å². The fourth-order valence-corrected chi connectivity index (χ4v) is 2.61. The summed E-state index contributed by atoms with van der Waals surface area (Å²) in [5.74, 6) is 1.56. The Morgan fingerprint density at radius 2 is 2.05 bits per heavy atom. The molecule has 0 aliphatic carbocycles. The summed E-state index contributed by atoms with van der Waals surface area (Å²) >= 11 is 0. The van der Waals surface area contributed by atoms with Crippen LogP contribution >= 0.6 is 0 Å². The van der Waals surface area contributed by atoms with E-state index in [4.69, 9.17) is 10.5 Å². The minimum absolute atomic E-state index is 0.329. The number of nitrogens with zero attached hydrogens (tertiary/aromatic N) is 1. The summed E-state index contributed by atoms with van der Waals surface area (Å²) in [5, 5.41) is 10.1. The SMILES string of the molecule is CC1CCCN(CC(O)COc2ccc(N)cc2)CC1. The molecule has 0 aromatic heterocycles. The van der Waals surface area contributed by atoms with Gasteiger partial charge in [-0.2, -0.15) is 0 Å². The highest BCUT2D eigenvalue weighted by atomic mass is 16.5. The lowest BCUT2D eigenvalue weighted by Gasteiger charge is -2.23. The van der Waals surface area contributed by atoms with E-state index in [2.05, 4.69) is 11.8 Å². The standard InChI is InChI=1S/C16H26N2O2/c1-13-3-2-9-18(10-8-13)11-15(19)12-20-16-6-4-14(17)5-7-16/h4-7,13,15,19H,2-3,8-12,17H2,1H3. The molecule has 0 amide bonds. The van der Waals surface area contributed by atoms with Crippen molar-refractivity contribution in [2.75, 3.05) is 32.0 Å². The van der Waals surface area contributed by atoms with Gasteiger partial charge in [0.25, 0.3) is 0 Å². The first-order chi connectivity index (χ1) is 9.63. The number of anilines is 1. The third kappa shape index (κ3) is 5.02. The number of rotatable bonds is 5. The average Bonchev–Trinajstić information content (AvgIpc) is 2.63. The summed E-state index contributed by atoms with van der Waals surface area (Å²) < 4.78 is 5.58. The Balaban J connectivity index is 1.71. The summed E-state index contributed by atoms with van der Waals surface area (Å²) in [7, 11) is 0. The lowest BCUT2D eigenvalue weighted by molar-refractivity contribution is 0.0691. The molecule has 1 aromatic rings. The smallest absolute Gasteiger partial charge is 0.119 e. The highest BCUT2D eigenvalue weighted by Gasteiger charge is 2.16. The van der Waals surface area contributed by atoms with E-state index in [1.54, 1.807) is 12.1 Å². The summed E-state index contributed by atoms with van der Waals surface area (Å²) in [6, 6.07) is 7.27. The number of nitrogen functional groups attached to an aromatic ring is 1. The van der Waals surface area contributed by atoms with Gasteiger partial charge in [0.15, 0.2) is 0 Å². The van der Waals surface area contributed by atoms with Crippen molar-refractivity contribution in [1.29, 1.82) is 0 Å². The van der Waals surface area contributed by atoms with Crippen molar-refractivity contribution in [2.45, 2.75) is 32.3 Å². The van der Waals surface area contributed by atoms with E-state index in [1.807, 2.05) is 12.1 Å². The van der Waals surface area contributed by atoms with Gasteiger partial charge in [0.05, 0.1) is 0 Å². The molecule has 0 bridgehead atoms. The molecule has 4 heteroatoms. The van der Waals surface area contributed by atoms with Crippen LogP contribution in [0.1, 0.15) is 26.2 Å². The molecule has 20 heavy (non-hydrogen) atoms. The minimum atomic E-state index is -0.444. The zero-order valence-corrected chi connectivity index (χ0v) is 12.3. The molecule has 2 atom stereocenters. The Labute approximate surface area is 121 Å². The topological polar surface area (TPSA) is 58.7 Å². The van der Waals surface area contributed by atoms with E-state index >= 15 is 0 Å². The predicted molar refractivity (Wildman–Crippen MR) is 81.8 cm³/mol. The summed E-state index contributed by atoms with van der Waals surface area (Å²) in [6.45, 7) is 5.51. The number of benzene rings is 1. The zero-order valence-electron chi connectivity index (χ0n) is 12.3. The Morgan fingerprint density at radius 3 is 2.80 bits per heavy atom. The van der Waals surface area contributed by atoms with Gasteiger partial charge in [-0.3, -0.25) is 0 Å². The molecule has 1 saturated heterocycles. The van der Waals surface area contributed by atoms with Gasteiger partial charge in [-0.1, -0.05) is 6.92 Å². The van der Waals surface area contributed by atoms with Crippen molar-refractivity contribution in [1.82, 2.24) is 4.90 Å². The first-order valence-corrected chi connectivity index (χ1v) is 7.52. The van der Waals surface area contributed by atoms with Crippen LogP contribution in [-0.2, 0) is 0 Å². The van der Waals surface area contributed by atoms with Crippen LogP contribution in [0.3, 0.4) is 0 Å². The van der Waals surface area contributed by atoms with Crippen LogP contribution < -0.4 is 10.5 Å². The number of hydrogen-bond donors (Lipinski definition) is 2. The molecule has 1 fully saturated rings. The van der Waals surface area contributed by atoms with Gasteiger partial charge in [-0.15, -0.1) is 0 Å². The molecule has 0 radical (unpaired) electrons. The van der Waals surface area contributed by atoms with E-state index in [1.165, 1.54) is 19.3 Å². The van der Waals surface area contributed by atoms with Crippen LogP contribution in [0, 0.1) is 5.92 Å². The Hall–Kier alpha value is -1.26. The summed E-state index contributed by atoms with van der Waals surface area (Å²) in [4.78, 5) is 2.35. The Morgan fingerprint density at radius 1 is 1.30 bits per heavy atom. The van der Waals surface area contributed by atoms with Gasteiger partial charge in [-0.25, -0.2) is 0 Å². The van der Waals surface area contributed by atoms with Gasteiger partial charge in [0.2, 0.25) is 0 Å². The maximum absolute atomic E-state index is 10.1. The quantitative estimate of drug-likeness (QED) is 0.810. The third-order valence-electron chi connectivity index (χ3n) is 3.90. The number of ether oxygens (including phenoxy) is 1. The molecule has 4 nitrogen and oxygen atoms in total. The second-order valence-corrected chi connectivity index (χ2v) is 5.87. The number of aliphatic hydroxyl groups excluding tert-OH is 1. The largest absolute Gasteiger partial charge is 0.491 e. The molecule has 1 aliphatic heterocycles. The number of aliphatic hydroxyl groups is 1. The van der Waals surface area contributed by atoms with Crippen molar-refractivity contribution in [3.8, 4) is 5.75 Å². The molecular formula is C16H26N2O2. The highest BCUT2D eigenvalue weighted by molar-refractivity contribution is 5.41. The molecule has 1 aliphatic rings. The maximum Gasteiger partial charge on any atom is 0.119 e. The van der Waals surface area contributed by atoms with Crippen molar-refractivity contribution in [2.24, 2.45) is 5.92 Å². The van der Waals surface area contributed by atoms with E-state index < -0.39 is 6.10 Å². The van der Waals surface area contributed by atoms with Crippen molar-refractivity contribution < 1.29 is 9.84 Å². The van der Waals surface area contributed by atoms with E-state index in [9.17, 15) is 5.11 Å². The molecule has 2 unspecified atom stereocenters. The van der Waals surface area contributed by atoms with Crippen molar-refractivity contribution in [3.63, 3.8) is 0 Å². The van der Waals surface area contributed by atoms with E-state index in [0.717, 1.165) is 30.4 Å². The molecular weight excluding hydrogens is 252 g/mol. The van der Waals surface area contributed by atoms with Crippen LogP contribution in [0.2, 0.25) is 0 Å². The second-order valence-electron chi connectivity index (χ2n) is 5.87. The van der Waals surface area contributed by atoms with Crippen LogP contribution in [0.25, 0.3) is 0 Å². The predicted octanol–water partition coefficient (Wildman–Crippen LogP) is 2.13. The monoisotopic (exact) mass is 278 g/mol. The molecule has 2 rings (SSSR count). The Bertz CT molecular complexity index is 394. The van der Waals surface area contributed by atoms with Crippen LogP contribution in [-0.4, -0.2) is 42.4 Å². The normalized spacial score (nSPS) is 22.2. The molecule has 3 N–H and O–H groups in total. The summed E-state index contributed by atoms with van der Waals surface area (Å²) in [6.07, 6.45) is 3.31. The van der Waals surface area contributed by atoms with Crippen LogP contribution in [0.4, 0.5) is 5.69 Å². The molecule has 1 aromatic carbocycles. The van der Waals surface area contributed by atoms with Crippen LogP contribution in [0.15, 0.2) is 24.3 Å². The molecule has 0 saturated carbocycles. The first-order valence-electron chi connectivity index (χ1n) is 7.52. The molecule has 1 heterocycles. The highest BCUT2D eigenvalue weighted by Crippen LogP contribution is 2.17. The lowest BCUT2D eigenvalue weighted by Crippen LogP contribution is -2.36. The molecule has 112 valence electrons. The first kappa shape index (κ1) is 15.1. The van der Waals surface area contributed by atoms with E-state index in [0.29, 0.717) is 13.2 Å². The van der Waals surface area contributed by atoms with Gasteiger partial charge < -0.3 is 20.5 Å². The van der Waals surface area contributed by atoms with Gasteiger partial charge in [0.1, 0.15) is 18.5 Å². The number of β-amino-alcohol motifs (C(OH)–C–C–N with tert-alkyl or cyclic N) is 1.